The second-order valence-electron chi connectivity index (χ2n) is 9.00. The van der Waals surface area contributed by atoms with Gasteiger partial charge in [0.1, 0.15) is 5.76 Å². The fourth-order valence-electron chi connectivity index (χ4n) is 4.63. The molecule has 1 N–H and O–H groups in total. The molecular weight excluding hydrogens is 364 g/mol. The number of rotatable bonds is 6. The lowest BCUT2D eigenvalue weighted by Gasteiger charge is -2.19. The first kappa shape index (κ1) is 18.7. The van der Waals surface area contributed by atoms with Crippen molar-refractivity contribution in [2.75, 3.05) is 31.1 Å². The molecule has 2 aromatic rings. The van der Waals surface area contributed by atoms with Crippen molar-refractivity contribution in [3.63, 3.8) is 0 Å². The number of nitrogens with zero attached hydrogens (tertiary/aromatic N) is 3. The molecule has 29 heavy (non-hydrogen) atoms. The Morgan fingerprint density at radius 1 is 1.17 bits per heavy atom. The van der Waals surface area contributed by atoms with Crippen LogP contribution in [0.5, 0.6) is 0 Å². The topological polar surface area (TPSA) is 61.6 Å². The standard InChI is InChI=1S/C23H30N4O2/c1-16-13-26(14-17-4-8-19(9-5-17)27-10-2-3-11-27)15-21(16)24-23(28)20-12-22(29-25-20)18-6-7-18/h4-5,8-9,12,16,18,21H,2-3,6-7,10-11,13-15H2,1H3,(H,24,28)/t16-,21+/m1/s1. The van der Waals surface area contributed by atoms with Crippen molar-refractivity contribution in [3.05, 3.63) is 47.3 Å². The van der Waals surface area contributed by atoms with E-state index in [1.165, 1.54) is 37.2 Å². The molecule has 1 aromatic heterocycles. The Labute approximate surface area is 172 Å². The average Bonchev–Trinajstić information content (AvgIpc) is 3.11. The van der Waals surface area contributed by atoms with E-state index in [1.54, 1.807) is 0 Å². The summed E-state index contributed by atoms with van der Waals surface area (Å²) in [5.74, 6) is 1.63. The van der Waals surface area contributed by atoms with Crippen LogP contribution in [0.1, 0.15) is 60.3 Å². The predicted octanol–water partition coefficient (Wildman–Crippen LogP) is 3.40. The molecule has 2 aliphatic heterocycles. The summed E-state index contributed by atoms with van der Waals surface area (Å²) < 4.78 is 5.32. The zero-order valence-electron chi connectivity index (χ0n) is 17.1. The van der Waals surface area contributed by atoms with Crippen molar-refractivity contribution < 1.29 is 9.32 Å². The van der Waals surface area contributed by atoms with Crippen LogP contribution in [0.25, 0.3) is 0 Å². The van der Waals surface area contributed by atoms with Crippen molar-refractivity contribution in [2.45, 2.75) is 51.1 Å². The minimum Gasteiger partial charge on any atom is -0.372 e. The number of anilines is 1. The summed E-state index contributed by atoms with van der Waals surface area (Å²) in [6.45, 7) is 7.35. The molecule has 1 aromatic carbocycles. The summed E-state index contributed by atoms with van der Waals surface area (Å²) in [4.78, 5) is 17.5. The van der Waals surface area contributed by atoms with Crippen molar-refractivity contribution in [1.29, 1.82) is 0 Å². The third kappa shape index (κ3) is 4.17. The first-order valence-electron chi connectivity index (χ1n) is 11.0. The maximum absolute atomic E-state index is 12.6. The van der Waals surface area contributed by atoms with E-state index in [2.05, 4.69) is 51.5 Å². The van der Waals surface area contributed by atoms with Gasteiger partial charge in [0.15, 0.2) is 5.69 Å². The number of benzene rings is 1. The molecule has 0 spiro atoms. The highest BCUT2D eigenvalue weighted by atomic mass is 16.5. The third-order valence-electron chi connectivity index (χ3n) is 6.56. The summed E-state index contributed by atoms with van der Waals surface area (Å²) in [5.41, 5.74) is 3.08. The van der Waals surface area contributed by atoms with Crippen LogP contribution in [-0.2, 0) is 6.54 Å². The van der Waals surface area contributed by atoms with Crippen molar-refractivity contribution in [2.24, 2.45) is 5.92 Å². The van der Waals surface area contributed by atoms with Gasteiger partial charge in [0.2, 0.25) is 0 Å². The van der Waals surface area contributed by atoms with Crippen molar-refractivity contribution in [1.82, 2.24) is 15.4 Å². The molecule has 154 valence electrons. The summed E-state index contributed by atoms with van der Waals surface area (Å²) in [7, 11) is 0. The van der Waals surface area contributed by atoms with E-state index in [0.29, 0.717) is 17.5 Å². The van der Waals surface area contributed by atoms with Gasteiger partial charge in [-0.05, 0) is 49.3 Å². The monoisotopic (exact) mass is 394 g/mol. The maximum atomic E-state index is 12.6. The third-order valence-corrected chi connectivity index (χ3v) is 6.56. The van der Waals surface area contributed by atoms with Gasteiger partial charge in [-0.25, -0.2) is 0 Å². The van der Waals surface area contributed by atoms with Gasteiger partial charge < -0.3 is 14.7 Å². The number of carbonyl (C=O) groups excluding carboxylic acids is 1. The quantitative estimate of drug-likeness (QED) is 0.814. The predicted molar refractivity (Wildman–Crippen MR) is 112 cm³/mol. The minimum atomic E-state index is -0.116. The lowest BCUT2D eigenvalue weighted by Crippen LogP contribution is -2.39. The number of nitrogens with one attached hydrogen (secondary N) is 1. The normalized spacial score (nSPS) is 24.9. The molecule has 2 atom stereocenters. The smallest absolute Gasteiger partial charge is 0.273 e. The van der Waals surface area contributed by atoms with Crippen LogP contribution in [0.3, 0.4) is 0 Å². The molecule has 1 saturated carbocycles. The van der Waals surface area contributed by atoms with Gasteiger partial charge in [-0.3, -0.25) is 9.69 Å². The van der Waals surface area contributed by atoms with Gasteiger partial charge in [-0.15, -0.1) is 0 Å². The van der Waals surface area contributed by atoms with Crippen LogP contribution >= 0.6 is 0 Å². The maximum Gasteiger partial charge on any atom is 0.273 e. The van der Waals surface area contributed by atoms with Gasteiger partial charge in [0, 0.05) is 56.4 Å². The van der Waals surface area contributed by atoms with Crippen LogP contribution in [0.2, 0.25) is 0 Å². The second kappa shape index (κ2) is 7.82. The highest BCUT2D eigenvalue weighted by Gasteiger charge is 2.33. The van der Waals surface area contributed by atoms with E-state index in [0.717, 1.165) is 38.2 Å². The largest absolute Gasteiger partial charge is 0.372 e. The first-order valence-corrected chi connectivity index (χ1v) is 11.0. The summed E-state index contributed by atoms with van der Waals surface area (Å²) in [6.07, 6.45) is 4.89. The van der Waals surface area contributed by atoms with Crippen molar-refractivity contribution >= 4 is 11.6 Å². The van der Waals surface area contributed by atoms with Gasteiger partial charge >= 0.3 is 0 Å². The number of hydrogen-bond acceptors (Lipinski definition) is 5. The van der Waals surface area contributed by atoms with E-state index in [-0.39, 0.29) is 11.9 Å². The molecule has 6 heteroatoms. The van der Waals surface area contributed by atoms with Gasteiger partial charge in [-0.1, -0.05) is 24.2 Å². The Kier molecular flexibility index (Phi) is 5.04. The summed E-state index contributed by atoms with van der Waals surface area (Å²) in [5, 5.41) is 7.14. The van der Waals surface area contributed by atoms with Gasteiger partial charge in [-0.2, -0.15) is 0 Å². The first-order chi connectivity index (χ1) is 14.2. The lowest BCUT2D eigenvalue weighted by molar-refractivity contribution is 0.0922. The molecule has 3 heterocycles. The number of hydrogen-bond donors (Lipinski definition) is 1. The lowest BCUT2D eigenvalue weighted by atomic mass is 10.1. The van der Waals surface area contributed by atoms with E-state index < -0.39 is 0 Å². The SMILES string of the molecule is C[C@@H]1CN(Cc2ccc(N3CCCC3)cc2)C[C@@H]1NC(=O)c1cc(C2CC2)on1. The van der Waals surface area contributed by atoms with E-state index in [1.807, 2.05) is 6.07 Å². The fourth-order valence-corrected chi connectivity index (χ4v) is 4.63. The number of amides is 1. The van der Waals surface area contributed by atoms with Crippen LogP contribution < -0.4 is 10.2 Å². The Bertz CT molecular complexity index is 852. The molecule has 0 unspecified atom stereocenters. The van der Waals surface area contributed by atoms with E-state index >= 15 is 0 Å². The average molecular weight is 395 g/mol. The molecule has 3 fully saturated rings. The number of likely N-dealkylation sites (tertiary alicyclic amines) is 1. The number of carbonyl (C=O) groups is 1. The molecular formula is C23H30N4O2. The van der Waals surface area contributed by atoms with Crippen molar-refractivity contribution in [3.8, 4) is 0 Å². The Morgan fingerprint density at radius 3 is 2.66 bits per heavy atom. The minimum absolute atomic E-state index is 0.116. The zero-order valence-corrected chi connectivity index (χ0v) is 17.1. The second-order valence-corrected chi connectivity index (χ2v) is 9.00. The highest BCUT2D eigenvalue weighted by Crippen LogP contribution is 2.40. The number of aromatic nitrogens is 1. The molecule has 1 aliphatic carbocycles. The van der Waals surface area contributed by atoms with E-state index in [4.69, 9.17) is 4.52 Å². The van der Waals surface area contributed by atoms with Crippen LogP contribution in [0.4, 0.5) is 5.69 Å². The van der Waals surface area contributed by atoms with Gasteiger partial charge in [0.05, 0.1) is 0 Å². The van der Waals surface area contributed by atoms with E-state index in [9.17, 15) is 4.79 Å². The Balaban J connectivity index is 1.15. The summed E-state index contributed by atoms with van der Waals surface area (Å²) >= 11 is 0. The molecule has 1 amide bonds. The fraction of sp³-hybridized carbons (Fsp3) is 0.565. The zero-order chi connectivity index (χ0) is 19.8. The summed E-state index contributed by atoms with van der Waals surface area (Å²) in [6, 6.07) is 11.0. The molecule has 2 saturated heterocycles. The van der Waals surface area contributed by atoms with Crippen LogP contribution in [-0.4, -0.2) is 48.2 Å². The molecule has 5 rings (SSSR count). The Hall–Kier alpha value is -2.34. The van der Waals surface area contributed by atoms with Crippen LogP contribution in [0, 0.1) is 5.92 Å². The molecule has 3 aliphatic rings. The highest BCUT2D eigenvalue weighted by molar-refractivity contribution is 5.92. The molecule has 0 radical (unpaired) electrons. The Morgan fingerprint density at radius 2 is 1.93 bits per heavy atom. The molecule has 0 bridgehead atoms. The van der Waals surface area contributed by atoms with Gasteiger partial charge in [0.25, 0.3) is 5.91 Å². The molecule has 6 nitrogen and oxygen atoms in total. The van der Waals surface area contributed by atoms with Crippen LogP contribution in [0.15, 0.2) is 34.9 Å².